The fourth-order valence-electron chi connectivity index (χ4n) is 3.58. The number of aromatic nitrogens is 3. The molecule has 0 bridgehead atoms. The molecule has 0 aliphatic heterocycles. The van der Waals surface area contributed by atoms with Gasteiger partial charge in [0.1, 0.15) is 16.9 Å². The molecular formula is C24H21BrN4O4. The van der Waals surface area contributed by atoms with Crippen LogP contribution in [0.2, 0.25) is 0 Å². The predicted molar refractivity (Wildman–Crippen MR) is 127 cm³/mol. The Kier molecular flexibility index (Phi) is 6.50. The normalized spacial score (nSPS) is 11.8. The highest BCUT2D eigenvalue weighted by Crippen LogP contribution is 2.17. The molecule has 0 unspecified atom stereocenters. The minimum Gasteiger partial charge on any atom is -0.462 e. The molecule has 33 heavy (non-hydrogen) atoms. The molecule has 0 saturated heterocycles. The zero-order valence-electron chi connectivity index (χ0n) is 18.1. The summed E-state index contributed by atoms with van der Waals surface area (Å²) in [5.41, 5.74) is 0.965. The van der Waals surface area contributed by atoms with Crippen molar-refractivity contribution in [2.75, 3.05) is 6.61 Å². The molecule has 0 aliphatic rings. The fourth-order valence-corrected chi connectivity index (χ4v) is 4.04. The quantitative estimate of drug-likeness (QED) is 0.302. The average molecular weight is 509 g/mol. The zero-order valence-corrected chi connectivity index (χ0v) is 19.7. The lowest BCUT2D eigenvalue weighted by Gasteiger charge is -2.14. The fraction of sp³-hybridized carbons (Fsp3) is 0.208. The third-order valence-corrected chi connectivity index (χ3v) is 5.74. The number of benzene rings is 1. The van der Waals surface area contributed by atoms with Gasteiger partial charge in [-0.3, -0.25) is 14.0 Å². The van der Waals surface area contributed by atoms with Gasteiger partial charge < -0.3 is 9.30 Å². The van der Waals surface area contributed by atoms with Gasteiger partial charge in [-0.2, -0.15) is 4.99 Å². The topological polar surface area (TPSA) is 95.0 Å². The van der Waals surface area contributed by atoms with Crippen molar-refractivity contribution >= 4 is 44.5 Å². The summed E-state index contributed by atoms with van der Waals surface area (Å²) in [5.74, 6) is -1.20. The summed E-state index contributed by atoms with van der Waals surface area (Å²) >= 11 is 3.37. The molecule has 0 N–H and O–H groups in total. The molecule has 3 heterocycles. The molecular weight excluding hydrogens is 488 g/mol. The minimum atomic E-state index is -0.666. The van der Waals surface area contributed by atoms with Crippen molar-refractivity contribution < 1.29 is 14.3 Å². The number of rotatable bonds is 5. The summed E-state index contributed by atoms with van der Waals surface area (Å²) in [5, 5.41) is 0.238. The number of hydrogen-bond donors (Lipinski definition) is 0. The summed E-state index contributed by atoms with van der Waals surface area (Å²) in [6, 6.07) is 13.6. The van der Waals surface area contributed by atoms with Crippen molar-refractivity contribution in [1.82, 2.24) is 14.0 Å². The molecule has 0 saturated carbocycles. The summed E-state index contributed by atoms with van der Waals surface area (Å²) < 4.78 is 8.87. The Hall–Kier alpha value is -3.59. The number of nitrogens with zero attached hydrogens (tertiary/aromatic N) is 4. The van der Waals surface area contributed by atoms with E-state index in [2.05, 4.69) is 25.9 Å². The number of pyridine rings is 2. The SMILES string of the molecule is CCCn1c(=NC(=O)c2ccccc2Br)c(C(=O)OCC)cc2c(=O)n3ccccc3nc21. The van der Waals surface area contributed by atoms with Crippen LogP contribution in [0.15, 0.2) is 69.0 Å². The second-order valence-electron chi connectivity index (χ2n) is 7.23. The maximum absolute atomic E-state index is 13.2. The Morgan fingerprint density at radius 2 is 1.85 bits per heavy atom. The smallest absolute Gasteiger partial charge is 0.341 e. The first-order chi connectivity index (χ1) is 16.0. The highest BCUT2D eigenvalue weighted by Gasteiger charge is 2.20. The Labute approximate surface area is 197 Å². The maximum Gasteiger partial charge on any atom is 0.341 e. The van der Waals surface area contributed by atoms with Crippen molar-refractivity contribution in [3.8, 4) is 0 Å². The average Bonchev–Trinajstić information content (AvgIpc) is 2.81. The van der Waals surface area contributed by atoms with Gasteiger partial charge in [0.15, 0.2) is 5.49 Å². The first-order valence-electron chi connectivity index (χ1n) is 10.5. The Balaban J connectivity index is 2.13. The first-order valence-corrected chi connectivity index (χ1v) is 11.3. The van der Waals surface area contributed by atoms with Gasteiger partial charge in [0.25, 0.3) is 11.5 Å². The molecule has 4 aromatic rings. The van der Waals surface area contributed by atoms with Crippen molar-refractivity contribution in [2.24, 2.45) is 4.99 Å². The van der Waals surface area contributed by atoms with Crippen LogP contribution in [0, 0.1) is 0 Å². The number of aryl methyl sites for hydroxylation is 1. The van der Waals surface area contributed by atoms with Crippen LogP contribution in [0.1, 0.15) is 41.0 Å². The number of amides is 1. The van der Waals surface area contributed by atoms with E-state index in [1.165, 1.54) is 10.5 Å². The first kappa shape index (κ1) is 22.6. The van der Waals surface area contributed by atoms with Crippen molar-refractivity contribution in [2.45, 2.75) is 26.8 Å². The number of carbonyl (C=O) groups is 2. The molecule has 8 nitrogen and oxygen atoms in total. The van der Waals surface area contributed by atoms with Crippen LogP contribution in [-0.4, -0.2) is 32.4 Å². The molecule has 3 aromatic heterocycles. The number of ether oxygens (including phenoxy) is 1. The molecule has 0 aliphatic carbocycles. The number of halogens is 1. The monoisotopic (exact) mass is 508 g/mol. The van der Waals surface area contributed by atoms with E-state index in [4.69, 9.17) is 4.74 Å². The summed E-state index contributed by atoms with van der Waals surface area (Å²) in [7, 11) is 0. The molecule has 1 amide bonds. The van der Waals surface area contributed by atoms with Crippen LogP contribution in [0.25, 0.3) is 16.7 Å². The van der Waals surface area contributed by atoms with Gasteiger partial charge >= 0.3 is 5.97 Å². The summed E-state index contributed by atoms with van der Waals surface area (Å²) in [4.78, 5) is 48.2. The van der Waals surface area contributed by atoms with E-state index in [-0.39, 0.29) is 28.6 Å². The lowest BCUT2D eigenvalue weighted by Crippen LogP contribution is -2.32. The van der Waals surface area contributed by atoms with E-state index in [1.54, 1.807) is 60.2 Å². The van der Waals surface area contributed by atoms with Gasteiger partial charge in [0, 0.05) is 17.2 Å². The van der Waals surface area contributed by atoms with Crippen LogP contribution in [0.5, 0.6) is 0 Å². The standard InChI is InChI=1S/C24H21BrN4O4/c1-3-12-29-20-16(23(31)28-13-8-7-11-19(28)26-20)14-17(24(32)33-4-2)21(29)27-22(30)15-9-5-6-10-18(15)25/h5-11,13-14H,3-4,12H2,1-2H3. The van der Waals surface area contributed by atoms with E-state index < -0.39 is 11.9 Å². The van der Waals surface area contributed by atoms with Gasteiger partial charge in [-0.15, -0.1) is 0 Å². The van der Waals surface area contributed by atoms with Crippen molar-refractivity contribution in [3.05, 3.63) is 86.2 Å². The van der Waals surface area contributed by atoms with E-state index >= 15 is 0 Å². The second-order valence-corrected chi connectivity index (χ2v) is 8.09. The molecule has 0 atom stereocenters. The largest absolute Gasteiger partial charge is 0.462 e. The Morgan fingerprint density at radius 1 is 1.09 bits per heavy atom. The van der Waals surface area contributed by atoms with E-state index in [0.717, 1.165) is 0 Å². The number of fused-ring (bicyclic) bond motifs is 2. The van der Waals surface area contributed by atoms with Crippen molar-refractivity contribution in [3.63, 3.8) is 0 Å². The molecule has 0 spiro atoms. The van der Waals surface area contributed by atoms with Crippen LogP contribution >= 0.6 is 15.9 Å². The third-order valence-electron chi connectivity index (χ3n) is 5.04. The van der Waals surface area contributed by atoms with E-state index in [9.17, 15) is 14.4 Å². The van der Waals surface area contributed by atoms with Crippen LogP contribution in [0.3, 0.4) is 0 Å². The third kappa shape index (κ3) is 4.23. The van der Waals surface area contributed by atoms with Gasteiger partial charge in [-0.25, -0.2) is 9.78 Å². The number of esters is 1. The van der Waals surface area contributed by atoms with Gasteiger partial charge in [0.05, 0.1) is 17.6 Å². The van der Waals surface area contributed by atoms with Crippen LogP contribution in [0.4, 0.5) is 0 Å². The Bertz CT molecular complexity index is 1520. The molecule has 4 rings (SSSR count). The maximum atomic E-state index is 13.2. The molecule has 0 radical (unpaired) electrons. The van der Waals surface area contributed by atoms with Gasteiger partial charge in [-0.1, -0.05) is 25.1 Å². The number of carbonyl (C=O) groups excluding carboxylic acids is 2. The highest BCUT2D eigenvalue weighted by molar-refractivity contribution is 9.10. The van der Waals surface area contributed by atoms with Crippen LogP contribution in [-0.2, 0) is 11.3 Å². The van der Waals surface area contributed by atoms with Gasteiger partial charge in [-0.05, 0) is 59.6 Å². The lowest BCUT2D eigenvalue weighted by atomic mass is 10.2. The summed E-state index contributed by atoms with van der Waals surface area (Å²) in [6.07, 6.45) is 2.28. The predicted octanol–water partition coefficient (Wildman–Crippen LogP) is 3.74. The lowest BCUT2D eigenvalue weighted by molar-refractivity contribution is 0.0523. The zero-order chi connectivity index (χ0) is 23.5. The van der Waals surface area contributed by atoms with Crippen LogP contribution < -0.4 is 11.0 Å². The van der Waals surface area contributed by atoms with E-state index in [1.807, 2.05) is 6.92 Å². The Morgan fingerprint density at radius 3 is 2.58 bits per heavy atom. The highest BCUT2D eigenvalue weighted by atomic mass is 79.9. The molecule has 1 aromatic carbocycles. The van der Waals surface area contributed by atoms with Gasteiger partial charge in [0.2, 0.25) is 0 Å². The second kappa shape index (κ2) is 9.50. The molecule has 168 valence electrons. The minimum absolute atomic E-state index is 0.0352. The molecule has 0 fully saturated rings. The van der Waals surface area contributed by atoms with E-state index in [0.29, 0.717) is 34.3 Å². The summed E-state index contributed by atoms with van der Waals surface area (Å²) in [6.45, 7) is 4.16. The number of hydrogen-bond acceptors (Lipinski definition) is 5. The van der Waals surface area contributed by atoms with Crippen molar-refractivity contribution in [1.29, 1.82) is 0 Å². The molecule has 9 heteroatoms.